The molecule has 3 aromatic rings. The van der Waals surface area contributed by atoms with Gasteiger partial charge in [0.05, 0.1) is 15.8 Å². The van der Waals surface area contributed by atoms with Crippen LogP contribution in [0.3, 0.4) is 0 Å². The van der Waals surface area contributed by atoms with Crippen molar-refractivity contribution >= 4 is 39.3 Å². The Morgan fingerprint density at radius 1 is 1.20 bits per heavy atom. The number of hydrogen-bond acceptors (Lipinski definition) is 4. The molecule has 20 heavy (non-hydrogen) atoms. The van der Waals surface area contributed by atoms with E-state index in [4.69, 9.17) is 0 Å². The highest BCUT2D eigenvalue weighted by molar-refractivity contribution is 8.01. The lowest BCUT2D eigenvalue weighted by Crippen LogP contribution is -1.97. The number of nitrogens with zero attached hydrogens (tertiary/aromatic N) is 1. The van der Waals surface area contributed by atoms with Gasteiger partial charge < -0.3 is 5.11 Å². The van der Waals surface area contributed by atoms with Gasteiger partial charge >= 0.3 is 5.97 Å². The summed E-state index contributed by atoms with van der Waals surface area (Å²) in [5, 5.41) is 9.20. The van der Waals surface area contributed by atoms with Gasteiger partial charge in [-0.15, -0.1) is 11.3 Å². The van der Waals surface area contributed by atoms with Crippen LogP contribution in [-0.4, -0.2) is 16.1 Å². The molecule has 0 aliphatic rings. The molecule has 3 rings (SSSR count). The lowest BCUT2D eigenvalue weighted by Gasteiger charge is -2.02. The number of carboxylic acids is 1. The summed E-state index contributed by atoms with van der Waals surface area (Å²) in [6.45, 7) is 2.03. The normalized spacial score (nSPS) is 10.8. The fourth-order valence-corrected chi connectivity index (χ4v) is 4.15. The molecule has 0 atom stereocenters. The third-order valence-corrected chi connectivity index (χ3v) is 5.07. The van der Waals surface area contributed by atoms with Gasteiger partial charge in [0, 0.05) is 4.90 Å². The highest BCUT2D eigenvalue weighted by Crippen LogP contribution is 2.36. The van der Waals surface area contributed by atoms with Gasteiger partial charge in [0.15, 0.2) is 4.34 Å². The highest BCUT2D eigenvalue weighted by atomic mass is 32.2. The summed E-state index contributed by atoms with van der Waals surface area (Å²) >= 11 is 2.99. The number of rotatable bonds is 3. The smallest absolute Gasteiger partial charge is 0.336 e. The molecule has 1 N–H and O–H groups in total. The van der Waals surface area contributed by atoms with Crippen molar-refractivity contribution in [1.82, 2.24) is 4.98 Å². The van der Waals surface area contributed by atoms with E-state index in [2.05, 4.69) is 4.98 Å². The number of fused-ring (bicyclic) bond motifs is 1. The Labute approximate surface area is 124 Å². The molecular weight excluding hydrogens is 290 g/mol. The Morgan fingerprint density at radius 2 is 2.00 bits per heavy atom. The van der Waals surface area contributed by atoms with Crippen LogP contribution in [0.5, 0.6) is 0 Å². The maximum absolute atomic E-state index is 11.2. The van der Waals surface area contributed by atoms with Crippen LogP contribution in [0.15, 0.2) is 51.7 Å². The zero-order valence-corrected chi connectivity index (χ0v) is 12.3. The van der Waals surface area contributed by atoms with Crippen molar-refractivity contribution in [2.24, 2.45) is 0 Å². The molecule has 1 aromatic heterocycles. The number of aromatic nitrogens is 1. The number of carboxylic acid groups (broad SMARTS) is 1. The summed E-state index contributed by atoms with van der Waals surface area (Å²) in [5.41, 5.74) is 2.44. The largest absolute Gasteiger partial charge is 0.478 e. The van der Waals surface area contributed by atoms with Gasteiger partial charge in [0.25, 0.3) is 0 Å². The summed E-state index contributed by atoms with van der Waals surface area (Å²) in [6.07, 6.45) is 0. The second kappa shape index (κ2) is 5.26. The zero-order valence-electron chi connectivity index (χ0n) is 10.7. The first-order valence-corrected chi connectivity index (χ1v) is 7.65. The predicted molar refractivity (Wildman–Crippen MR) is 81.9 cm³/mol. The van der Waals surface area contributed by atoms with Crippen LogP contribution >= 0.6 is 23.1 Å². The van der Waals surface area contributed by atoms with E-state index in [-0.39, 0.29) is 0 Å². The molecule has 0 bridgehead atoms. The number of thiazole rings is 1. The lowest BCUT2D eigenvalue weighted by atomic mass is 10.2. The van der Waals surface area contributed by atoms with E-state index in [1.165, 1.54) is 11.8 Å². The maximum atomic E-state index is 11.2. The van der Waals surface area contributed by atoms with Gasteiger partial charge in [-0.1, -0.05) is 36.0 Å². The second-order valence-electron chi connectivity index (χ2n) is 4.30. The minimum Gasteiger partial charge on any atom is -0.478 e. The molecule has 0 unspecified atom stereocenters. The SMILES string of the molecule is Cc1cccc2sc(Sc3ccccc3C(=O)O)nc12. The molecule has 0 saturated heterocycles. The monoisotopic (exact) mass is 301 g/mol. The van der Waals surface area contributed by atoms with E-state index in [1.54, 1.807) is 23.5 Å². The van der Waals surface area contributed by atoms with Crippen molar-refractivity contribution in [1.29, 1.82) is 0 Å². The second-order valence-corrected chi connectivity index (χ2v) is 6.62. The zero-order chi connectivity index (χ0) is 14.1. The van der Waals surface area contributed by atoms with E-state index in [0.29, 0.717) is 5.56 Å². The molecule has 0 amide bonds. The Balaban J connectivity index is 2.02. The number of para-hydroxylation sites is 1. The van der Waals surface area contributed by atoms with E-state index in [9.17, 15) is 9.90 Å². The van der Waals surface area contributed by atoms with Crippen LogP contribution in [0.4, 0.5) is 0 Å². The third kappa shape index (κ3) is 2.42. The minimum atomic E-state index is -0.912. The summed E-state index contributed by atoms with van der Waals surface area (Å²) in [6, 6.07) is 13.1. The molecule has 0 fully saturated rings. The third-order valence-electron chi connectivity index (χ3n) is 2.92. The van der Waals surface area contributed by atoms with E-state index >= 15 is 0 Å². The molecule has 0 spiro atoms. The van der Waals surface area contributed by atoms with Crippen molar-refractivity contribution in [3.63, 3.8) is 0 Å². The van der Waals surface area contributed by atoms with Crippen LogP contribution in [0.1, 0.15) is 15.9 Å². The molecule has 3 nitrogen and oxygen atoms in total. The first-order valence-electron chi connectivity index (χ1n) is 6.01. The van der Waals surface area contributed by atoms with E-state index in [0.717, 1.165) is 25.0 Å². The molecule has 5 heteroatoms. The van der Waals surface area contributed by atoms with Gasteiger partial charge in [-0.3, -0.25) is 0 Å². The van der Waals surface area contributed by atoms with Gasteiger partial charge in [-0.2, -0.15) is 0 Å². The highest BCUT2D eigenvalue weighted by Gasteiger charge is 2.13. The quantitative estimate of drug-likeness (QED) is 0.776. The molecule has 0 radical (unpaired) electrons. The molecule has 0 saturated carbocycles. The number of aryl methyl sites for hydroxylation is 1. The first-order chi connectivity index (χ1) is 9.65. The maximum Gasteiger partial charge on any atom is 0.336 e. The van der Waals surface area contributed by atoms with Gasteiger partial charge in [0.2, 0.25) is 0 Å². The molecule has 1 heterocycles. The van der Waals surface area contributed by atoms with E-state index < -0.39 is 5.97 Å². The summed E-state index contributed by atoms with van der Waals surface area (Å²) in [7, 11) is 0. The molecular formula is C15H11NO2S2. The standard InChI is InChI=1S/C15H11NO2S2/c1-9-5-4-8-12-13(9)16-15(20-12)19-11-7-3-2-6-10(11)14(17)18/h2-8H,1H3,(H,17,18). The number of hydrogen-bond donors (Lipinski definition) is 1. The summed E-state index contributed by atoms with van der Waals surface area (Å²) in [4.78, 5) is 16.5. The number of benzene rings is 2. The van der Waals surface area contributed by atoms with Crippen molar-refractivity contribution in [2.75, 3.05) is 0 Å². The Hall–Kier alpha value is -1.85. The van der Waals surface area contributed by atoms with Crippen LogP contribution in [0, 0.1) is 6.92 Å². The lowest BCUT2D eigenvalue weighted by molar-refractivity contribution is 0.0693. The summed E-state index contributed by atoms with van der Waals surface area (Å²) < 4.78 is 1.99. The van der Waals surface area contributed by atoms with Crippen LogP contribution in [-0.2, 0) is 0 Å². The number of aromatic carboxylic acids is 1. The van der Waals surface area contributed by atoms with Crippen molar-refractivity contribution in [3.05, 3.63) is 53.6 Å². The van der Waals surface area contributed by atoms with Crippen LogP contribution in [0.2, 0.25) is 0 Å². The predicted octanol–water partition coefficient (Wildman–Crippen LogP) is 4.45. The van der Waals surface area contributed by atoms with Gasteiger partial charge in [0.1, 0.15) is 0 Å². The molecule has 100 valence electrons. The topological polar surface area (TPSA) is 50.2 Å². The summed E-state index contributed by atoms with van der Waals surface area (Å²) in [5.74, 6) is -0.912. The molecule has 0 aliphatic carbocycles. The van der Waals surface area contributed by atoms with Crippen LogP contribution < -0.4 is 0 Å². The minimum absolute atomic E-state index is 0.313. The molecule has 0 aliphatic heterocycles. The van der Waals surface area contributed by atoms with Crippen molar-refractivity contribution < 1.29 is 9.90 Å². The Bertz CT molecular complexity index is 795. The fourth-order valence-electron chi connectivity index (χ4n) is 1.94. The van der Waals surface area contributed by atoms with Gasteiger partial charge in [-0.25, -0.2) is 9.78 Å². The average molecular weight is 301 g/mol. The first kappa shape index (κ1) is 13.1. The average Bonchev–Trinajstić information content (AvgIpc) is 2.83. The Kier molecular flexibility index (Phi) is 3.46. The van der Waals surface area contributed by atoms with E-state index in [1.807, 2.05) is 37.3 Å². The van der Waals surface area contributed by atoms with Crippen molar-refractivity contribution in [2.45, 2.75) is 16.2 Å². The Morgan fingerprint density at radius 3 is 2.75 bits per heavy atom. The number of carbonyl (C=O) groups is 1. The van der Waals surface area contributed by atoms with Gasteiger partial charge in [-0.05, 0) is 30.7 Å². The van der Waals surface area contributed by atoms with Crippen molar-refractivity contribution in [3.8, 4) is 0 Å². The molecule has 2 aromatic carbocycles. The van der Waals surface area contributed by atoms with Crippen LogP contribution in [0.25, 0.3) is 10.2 Å². The fraction of sp³-hybridized carbons (Fsp3) is 0.0667.